The number of rotatable bonds is 4. The number of aliphatic hydroxyl groups excluding tert-OH is 1. The molecule has 1 fully saturated rings. The highest BCUT2D eigenvalue weighted by molar-refractivity contribution is 6.31. The van der Waals surface area contributed by atoms with Gasteiger partial charge in [-0.05, 0) is 33.2 Å². The van der Waals surface area contributed by atoms with Crippen LogP contribution >= 0.6 is 11.6 Å². The fraction of sp³-hybridized carbons (Fsp3) is 0.750. The van der Waals surface area contributed by atoms with Crippen LogP contribution in [0, 0.1) is 6.92 Å². The van der Waals surface area contributed by atoms with E-state index in [0.29, 0.717) is 0 Å². The van der Waals surface area contributed by atoms with Gasteiger partial charge in [0.2, 0.25) is 0 Å². The summed E-state index contributed by atoms with van der Waals surface area (Å²) in [6, 6.07) is 0.284. The van der Waals surface area contributed by atoms with Crippen molar-refractivity contribution in [3.8, 4) is 0 Å². The first kappa shape index (κ1) is 12.9. The van der Waals surface area contributed by atoms with Gasteiger partial charge in [-0.2, -0.15) is 5.10 Å². The molecule has 96 valence electrons. The van der Waals surface area contributed by atoms with Crippen LogP contribution in [-0.4, -0.2) is 39.0 Å². The van der Waals surface area contributed by atoms with E-state index in [1.807, 2.05) is 11.6 Å². The summed E-state index contributed by atoms with van der Waals surface area (Å²) in [5, 5.41) is 14.5. The van der Waals surface area contributed by atoms with Crippen LogP contribution in [-0.2, 0) is 13.1 Å². The van der Waals surface area contributed by atoms with E-state index in [9.17, 15) is 5.11 Å². The molecule has 0 unspecified atom stereocenters. The standard InChI is InChI=1S/C12H20ClN3O/c1-3-16-11(12(13)9(2)14-16)7-15-6-4-5-10(15)8-17/h10,17H,3-8H2,1-2H3/t10-/m0/s1. The summed E-state index contributed by atoms with van der Waals surface area (Å²) in [7, 11) is 0. The van der Waals surface area contributed by atoms with E-state index in [1.165, 1.54) is 0 Å². The van der Waals surface area contributed by atoms with Crippen molar-refractivity contribution >= 4 is 11.6 Å². The van der Waals surface area contributed by atoms with Crippen LogP contribution in [0.2, 0.25) is 5.02 Å². The molecule has 5 heteroatoms. The summed E-state index contributed by atoms with van der Waals surface area (Å²) in [5.74, 6) is 0. The summed E-state index contributed by atoms with van der Waals surface area (Å²) in [4.78, 5) is 2.30. The van der Waals surface area contributed by atoms with Crippen molar-refractivity contribution in [1.29, 1.82) is 0 Å². The minimum Gasteiger partial charge on any atom is -0.395 e. The van der Waals surface area contributed by atoms with E-state index in [2.05, 4.69) is 16.9 Å². The summed E-state index contributed by atoms with van der Waals surface area (Å²) in [5.41, 5.74) is 1.97. The lowest BCUT2D eigenvalue weighted by molar-refractivity contribution is 0.151. The summed E-state index contributed by atoms with van der Waals surface area (Å²) >= 11 is 6.29. The van der Waals surface area contributed by atoms with Crippen molar-refractivity contribution in [3.63, 3.8) is 0 Å². The predicted molar refractivity (Wildman–Crippen MR) is 68.2 cm³/mol. The molecule has 1 aromatic heterocycles. The quantitative estimate of drug-likeness (QED) is 0.895. The van der Waals surface area contributed by atoms with E-state index < -0.39 is 0 Å². The van der Waals surface area contributed by atoms with Crippen molar-refractivity contribution in [2.75, 3.05) is 13.2 Å². The van der Waals surface area contributed by atoms with Crippen molar-refractivity contribution in [3.05, 3.63) is 16.4 Å². The van der Waals surface area contributed by atoms with Crippen LogP contribution in [0.1, 0.15) is 31.2 Å². The number of nitrogens with zero attached hydrogens (tertiary/aromatic N) is 3. The first-order chi connectivity index (χ1) is 8.17. The van der Waals surface area contributed by atoms with E-state index in [-0.39, 0.29) is 12.6 Å². The molecular formula is C12H20ClN3O. The maximum absolute atomic E-state index is 9.32. The number of halogens is 1. The third-order valence-electron chi connectivity index (χ3n) is 3.52. The van der Waals surface area contributed by atoms with Crippen LogP contribution in [0.4, 0.5) is 0 Å². The number of aryl methyl sites for hydroxylation is 2. The lowest BCUT2D eigenvalue weighted by Gasteiger charge is -2.23. The summed E-state index contributed by atoms with van der Waals surface area (Å²) < 4.78 is 1.96. The minimum atomic E-state index is 0.233. The number of aromatic nitrogens is 2. The van der Waals surface area contributed by atoms with E-state index in [0.717, 1.165) is 48.9 Å². The van der Waals surface area contributed by atoms with Gasteiger partial charge in [-0.15, -0.1) is 0 Å². The van der Waals surface area contributed by atoms with Crippen molar-refractivity contribution in [2.45, 2.75) is 45.8 Å². The normalized spacial score (nSPS) is 21.3. The Morgan fingerprint density at radius 2 is 2.29 bits per heavy atom. The van der Waals surface area contributed by atoms with Crippen molar-refractivity contribution in [1.82, 2.24) is 14.7 Å². The maximum atomic E-state index is 9.32. The number of hydrogen-bond acceptors (Lipinski definition) is 3. The van der Waals surface area contributed by atoms with Gasteiger partial charge in [0.1, 0.15) is 0 Å². The number of aliphatic hydroxyl groups is 1. The molecule has 1 saturated heterocycles. The second kappa shape index (κ2) is 5.38. The molecule has 1 aromatic rings. The molecule has 0 bridgehead atoms. The molecule has 0 saturated carbocycles. The molecule has 0 aromatic carbocycles. The zero-order valence-corrected chi connectivity index (χ0v) is 11.2. The monoisotopic (exact) mass is 257 g/mol. The van der Waals surface area contributed by atoms with Crippen LogP contribution < -0.4 is 0 Å². The highest BCUT2D eigenvalue weighted by Crippen LogP contribution is 2.25. The zero-order valence-electron chi connectivity index (χ0n) is 10.5. The molecule has 0 aliphatic carbocycles. The first-order valence-corrected chi connectivity index (χ1v) is 6.61. The molecule has 1 aliphatic heterocycles. The van der Waals surface area contributed by atoms with E-state index in [4.69, 9.17) is 11.6 Å². The van der Waals surface area contributed by atoms with Gasteiger partial charge in [0.25, 0.3) is 0 Å². The van der Waals surface area contributed by atoms with Gasteiger partial charge in [-0.25, -0.2) is 0 Å². The highest BCUT2D eigenvalue weighted by Gasteiger charge is 2.26. The highest BCUT2D eigenvalue weighted by atomic mass is 35.5. The fourth-order valence-corrected chi connectivity index (χ4v) is 2.72. The third kappa shape index (κ3) is 2.49. The van der Waals surface area contributed by atoms with Crippen LogP contribution in [0.3, 0.4) is 0 Å². The minimum absolute atomic E-state index is 0.233. The molecule has 17 heavy (non-hydrogen) atoms. The van der Waals surface area contributed by atoms with Crippen molar-refractivity contribution in [2.24, 2.45) is 0 Å². The second-order valence-corrected chi connectivity index (χ2v) is 4.99. The average Bonchev–Trinajstić information content (AvgIpc) is 2.88. The zero-order chi connectivity index (χ0) is 12.4. The molecule has 1 aliphatic rings. The SMILES string of the molecule is CCn1nc(C)c(Cl)c1CN1CCC[C@H]1CO. The Morgan fingerprint density at radius 1 is 1.53 bits per heavy atom. The molecule has 0 spiro atoms. The van der Waals surface area contributed by atoms with Gasteiger partial charge in [0.15, 0.2) is 0 Å². The lowest BCUT2D eigenvalue weighted by atomic mass is 10.2. The van der Waals surface area contributed by atoms with Gasteiger partial charge < -0.3 is 5.11 Å². The van der Waals surface area contributed by atoms with Gasteiger partial charge in [0.05, 0.1) is 23.0 Å². The Morgan fingerprint density at radius 3 is 2.94 bits per heavy atom. The molecule has 2 heterocycles. The molecule has 1 N–H and O–H groups in total. The topological polar surface area (TPSA) is 41.3 Å². The fourth-order valence-electron chi connectivity index (χ4n) is 2.52. The Kier molecular flexibility index (Phi) is 4.07. The second-order valence-electron chi connectivity index (χ2n) is 4.61. The molecule has 1 atom stereocenters. The Balaban J connectivity index is 2.17. The van der Waals surface area contributed by atoms with Gasteiger partial charge in [-0.1, -0.05) is 11.6 Å². The van der Waals surface area contributed by atoms with Crippen LogP contribution in [0.25, 0.3) is 0 Å². The molecule has 0 radical (unpaired) electrons. The Hall–Kier alpha value is -0.580. The number of hydrogen-bond donors (Lipinski definition) is 1. The number of likely N-dealkylation sites (tertiary alicyclic amines) is 1. The van der Waals surface area contributed by atoms with Crippen molar-refractivity contribution < 1.29 is 5.11 Å². The molecule has 4 nitrogen and oxygen atoms in total. The third-order valence-corrected chi connectivity index (χ3v) is 4.01. The van der Waals surface area contributed by atoms with Gasteiger partial charge in [0, 0.05) is 19.1 Å². The average molecular weight is 258 g/mol. The summed E-state index contributed by atoms with van der Waals surface area (Å²) in [6.45, 7) is 6.90. The van der Waals surface area contributed by atoms with Gasteiger partial charge >= 0.3 is 0 Å². The van der Waals surface area contributed by atoms with Gasteiger partial charge in [-0.3, -0.25) is 9.58 Å². The Bertz CT molecular complexity index is 391. The Labute approximate surface area is 107 Å². The molecular weight excluding hydrogens is 238 g/mol. The van der Waals surface area contributed by atoms with E-state index in [1.54, 1.807) is 0 Å². The van der Waals surface area contributed by atoms with Crippen LogP contribution in [0.5, 0.6) is 0 Å². The summed E-state index contributed by atoms with van der Waals surface area (Å²) in [6.07, 6.45) is 2.23. The first-order valence-electron chi connectivity index (χ1n) is 6.24. The molecule has 0 amide bonds. The van der Waals surface area contributed by atoms with E-state index >= 15 is 0 Å². The van der Waals surface area contributed by atoms with Crippen LogP contribution in [0.15, 0.2) is 0 Å². The maximum Gasteiger partial charge on any atom is 0.0860 e. The molecule has 2 rings (SSSR count). The predicted octanol–water partition coefficient (Wildman–Crippen LogP) is 1.82. The lowest BCUT2D eigenvalue weighted by Crippen LogP contribution is -2.32. The smallest absolute Gasteiger partial charge is 0.0860 e. The largest absolute Gasteiger partial charge is 0.395 e.